The van der Waals surface area contributed by atoms with Gasteiger partial charge >= 0.3 is 0 Å². The topological polar surface area (TPSA) is 35.9 Å². The predicted molar refractivity (Wildman–Crippen MR) is 65.8 cm³/mol. The lowest BCUT2D eigenvalue weighted by molar-refractivity contribution is 0.440. The van der Waals surface area contributed by atoms with Crippen molar-refractivity contribution in [3.05, 3.63) is 35.4 Å². The van der Waals surface area contributed by atoms with Crippen LogP contribution in [0.3, 0.4) is 0 Å². The second-order valence-electron chi connectivity index (χ2n) is 4.60. The molecular weight excluding hydrogens is 184 g/mol. The highest BCUT2D eigenvalue weighted by Gasteiger charge is 2.18. The molecule has 0 saturated carbocycles. The number of rotatable bonds is 4. The summed E-state index contributed by atoms with van der Waals surface area (Å²) in [5.74, 6) is 0. The molecule has 2 N–H and O–H groups in total. The molecule has 0 aliphatic heterocycles. The van der Waals surface area contributed by atoms with Gasteiger partial charge in [-0.25, -0.2) is 0 Å². The Balaban J connectivity index is 2.83. The lowest BCUT2D eigenvalue weighted by Crippen LogP contribution is -2.38. The molecule has 0 heterocycles. The van der Waals surface area contributed by atoms with Gasteiger partial charge in [0.2, 0.25) is 0 Å². The maximum atomic E-state index is 8.09. The van der Waals surface area contributed by atoms with Crippen molar-refractivity contribution in [1.29, 1.82) is 5.41 Å². The van der Waals surface area contributed by atoms with E-state index in [9.17, 15) is 0 Å². The minimum Gasteiger partial charge on any atom is -0.314 e. The van der Waals surface area contributed by atoms with E-state index < -0.39 is 0 Å². The lowest BCUT2D eigenvalue weighted by atomic mass is 9.92. The summed E-state index contributed by atoms with van der Waals surface area (Å²) in [4.78, 5) is 0. The molecule has 15 heavy (non-hydrogen) atoms. The smallest absolute Gasteiger partial charge is 0.0407 e. The van der Waals surface area contributed by atoms with Crippen LogP contribution in [0.5, 0.6) is 0 Å². The Labute approximate surface area is 92.2 Å². The van der Waals surface area contributed by atoms with Gasteiger partial charge in [-0.15, -0.1) is 0 Å². The molecule has 0 fully saturated rings. The second-order valence-corrected chi connectivity index (χ2v) is 4.60. The van der Waals surface area contributed by atoms with Crippen LogP contribution >= 0.6 is 0 Å². The van der Waals surface area contributed by atoms with Gasteiger partial charge < -0.3 is 10.7 Å². The number of benzene rings is 1. The summed E-state index contributed by atoms with van der Waals surface area (Å²) in [6.45, 7) is 6.27. The van der Waals surface area contributed by atoms with Crippen molar-refractivity contribution in [2.24, 2.45) is 0 Å². The summed E-state index contributed by atoms with van der Waals surface area (Å²) in [6.07, 6.45) is 0.744. The Bertz CT molecular complexity index is 353. The van der Waals surface area contributed by atoms with Gasteiger partial charge in [-0.1, -0.05) is 24.3 Å². The first-order valence-electron chi connectivity index (χ1n) is 5.28. The summed E-state index contributed by atoms with van der Waals surface area (Å²) in [6, 6.07) is 8.07. The number of aryl methyl sites for hydroxylation is 1. The number of nitrogens with one attached hydrogen (secondary N) is 2. The van der Waals surface area contributed by atoms with Crippen molar-refractivity contribution in [2.45, 2.75) is 32.7 Å². The van der Waals surface area contributed by atoms with E-state index in [0.717, 1.165) is 12.0 Å². The average molecular weight is 204 g/mol. The van der Waals surface area contributed by atoms with E-state index in [2.05, 4.69) is 32.2 Å². The van der Waals surface area contributed by atoms with Crippen LogP contribution in [-0.2, 0) is 0 Å². The number of hydrogen-bond acceptors (Lipinski definition) is 2. The fraction of sp³-hybridized carbons (Fsp3) is 0.462. The minimum absolute atomic E-state index is 0.0145. The van der Waals surface area contributed by atoms with Gasteiger partial charge in [-0.05, 0) is 38.9 Å². The van der Waals surface area contributed by atoms with Crippen molar-refractivity contribution >= 4 is 5.71 Å². The quantitative estimate of drug-likeness (QED) is 0.727. The van der Waals surface area contributed by atoms with Gasteiger partial charge in [0, 0.05) is 17.7 Å². The Hall–Kier alpha value is -1.15. The van der Waals surface area contributed by atoms with E-state index >= 15 is 0 Å². The molecule has 0 aliphatic rings. The van der Waals surface area contributed by atoms with Crippen LogP contribution in [0.1, 0.15) is 31.4 Å². The van der Waals surface area contributed by atoms with Crippen LogP contribution in [0.25, 0.3) is 0 Å². The van der Waals surface area contributed by atoms with Crippen molar-refractivity contribution in [3.8, 4) is 0 Å². The van der Waals surface area contributed by atoms with E-state index in [1.807, 2.05) is 25.2 Å². The van der Waals surface area contributed by atoms with Crippen LogP contribution in [0.15, 0.2) is 24.3 Å². The molecule has 0 radical (unpaired) electrons. The van der Waals surface area contributed by atoms with Crippen LogP contribution < -0.4 is 5.32 Å². The van der Waals surface area contributed by atoms with E-state index in [1.54, 1.807) is 0 Å². The molecule has 0 amide bonds. The third kappa shape index (κ3) is 3.17. The molecule has 0 bridgehead atoms. The zero-order valence-electron chi connectivity index (χ0n) is 10.0. The zero-order valence-corrected chi connectivity index (χ0v) is 10.0. The summed E-state index contributed by atoms with van der Waals surface area (Å²) < 4.78 is 0. The van der Waals surface area contributed by atoms with Gasteiger partial charge in [0.25, 0.3) is 0 Å². The van der Waals surface area contributed by atoms with Gasteiger partial charge in [-0.3, -0.25) is 0 Å². The normalized spacial score (nSPS) is 11.5. The molecule has 0 unspecified atom stereocenters. The zero-order chi connectivity index (χ0) is 11.5. The maximum Gasteiger partial charge on any atom is 0.0407 e. The fourth-order valence-corrected chi connectivity index (χ4v) is 1.54. The first kappa shape index (κ1) is 11.9. The van der Waals surface area contributed by atoms with Gasteiger partial charge in [-0.2, -0.15) is 0 Å². The fourth-order valence-electron chi connectivity index (χ4n) is 1.54. The summed E-state index contributed by atoms with van der Waals surface area (Å²) in [5, 5.41) is 11.3. The van der Waals surface area contributed by atoms with Crippen molar-refractivity contribution in [2.75, 3.05) is 7.05 Å². The SMILES string of the molecule is CNC(C)(C)CC(=N)c1ccccc1C. The van der Waals surface area contributed by atoms with Crippen molar-refractivity contribution in [1.82, 2.24) is 5.32 Å². The summed E-state index contributed by atoms with van der Waals surface area (Å²) in [5.41, 5.74) is 2.92. The highest BCUT2D eigenvalue weighted by atomic mass is 14.9. The molecule has 0 aliphatic carbocycles. The monoisotopic (exact) mass is 204 g/mol. The lowest BCUT2D eigenvalue weighted by Gasteiger charge is -2.24. The molecular formula is C13H20N2. The average Bonchev–Trinajstić information content (AvgIpc) is 2.17. The molecule has 0 aromatic heterocycles. The van der Waals surface area contributed by atoms with Crippen LogP contribution in [0.4, 0.5) is 0 Å². The molecule has 1 aromatic carbocycles. The van der Waals surface area contributed by atoms with Crippen molar-refractivity contribution in [3.63, 3.8) is 0 Å². The van der Waals surface area contributed by atoms with Gasteiger partial charge in [0.15, 0.2) is 0 Å². The molecule has 0 saturated heterocycles. The number of hydrogen-bond donors (Lipinski definition) is 2. The maximum absolute atomic E-state index is 8.09. The summed E-state index contributed by atoms with van der Waals surface area (Å²) in [7, 11) is 1.94. The van der Waals surface area contributed by atoms with E-state index in [0.29, 0.717) is 5.71 Å². The molecule has 0 atom stereocenters. The van der Waals surface area contributed by atoms with Gasteiger partial charge in [0.1, 0.15) is 0 Å². The molecule has 1 rings (SSSR count). The Kier molecular flexibility index (Phi) is 3.64. The Morgan fingerprint density at radius 3 is 2.47 bits per heavy atom. The van der Waals surface area contributed by atoms with E-state index in [1.165, 1.54) is 5.56 Å². The van der Waals surface area contributed by atoms with E-state index in [4.69, 9.17) is 5.41 Å². The molecule has 82 valence electrons. The third-order valence-electron chi connectivity index (χ3n) is 2.77. The minimum atomic E-state index is -0.0145. The first-order chi connectivity index (χ1) is 6.96. The Morgan fingerprint density at radius 2 is 1.93 bits per heavy atom. The van der Waals surface area contributed by atoms with Gasteiger partial charge in [0.05, 0.1) is 0 Å². The van der Waals surface area contributed by atoms with E-state index in [-0.39, 0.29) is 5.54 Å². The van der Waals surface area contributed by atoms with Crippen LogP contribution in [0, 0.1) is 12.3 Å². The highest BCUT2D eigenvalue weighted by molar-refractivity contribution is 6.00. The third-order valence-corrected chi connectivity index (χ3v) is 2.77. The highest BCUT2D eigenvalue weighted by Crippen LogP contribution is 2.15. The van der Waals surface area contributed by atoms with Crippen LogP contribution in [-0.4, -0.2) is 18.3 Å². The molecule has 1 aromatic rings. The molecule has 2 nitrogen and oxygen atoms in total. The summed E-state index contributed by atoms with van der Waals surface area (Å²) >= 11 is 0. The second kappa shape index (κ2) is 4.58. The predicted octanol–water partition coefficient (Wildman–Crippen LogP) is 2.75. The Morgan fingerprint density at radius 1 is 1.33 bits per heavy atom. The standard InChI is InChI=1S/C13H20N2/c1-10-7-5-6-8-11(10)12(14)9-13(2,3)15-4/h5-8,14-15H,9H2,1-4H3. The molecule has 2 heteroatoms. The van der Waals surface area contributed by atoms with Crippen LogP contribution in [0.2, 0.25) is 0 Å². The molecule has 0 spiro atoms. The largest absolute Gasteiger partial charge is 0.314 e. The van der Waals surface area contributed by atoms with Crippen molar-refractivity contribution < 1.29 is 0 Å². The first-order valence-corrected chi connectivity index (χ1v) is 5.28.